The highest BCUT2D eigenvalue weighted by Gasteiger charge is 2.41. The molecule has 6 nitrogen and oxygen atoms in total. The second-order valence-electron chi connectivity index (χ2n) is 8.19. The fourth-order valence-corrected chi connectivity index (χ4v) is 6.14. The summed E-state index contributed by atoms with van der Waals surface area (Å²) in [5, 5.41) is 8.76. The highest BCUT2D eigenvalue weighted by Crippen LogP contribution is 2.38. The van der Waals surface area contributed by atoms with E-state index in [0.29, 0.717) is 18.4 Å². The second kappa shape index (κ2) is 8.64. The number of hydrogen-bond donors (Lipinski definition) is 2. The van der Waals surface area contributed by atoms with Crippen LogP contribution in [0.4, 0.5) is 8.78 Å². The summed E-state index contributed by atoms with van der Waals surface area (Å²) in [6.07, 6.45) is 1.01. The van der Waals surface area contributed by atoms with Crippen LogP contribution < -0.4 is 5.73 Å². The maximum atomic E-state index is 14.9. The third-order valence-electron chi connectivity index (χ3n) is 6.11. The normalized spacial score (nSPS) is 23.3. The fraction of sp³-hybridized carbons (Fsp3) is 0.409. The van der Waals surface area contributed by atoms with E-state index >= 15 is 0 Å². The summed E-state index contributed by atoms with van der Waals surface area (Å²) in [5.74, 6) is -2.81. The standard InChI is InChI=1S/C22H26F2N2O4S/c1-14-8-9-20(15-6-4-3-5-7-15)31(29,30)26(14)12-16-10-19(24)17(11-18(16)23)22(2,13-27)21(25)28/h3-7,10-11,14,20,27H,8-9,12-13H2,1-2H3,(H2,25,28)/t14-,20+,22?/m0/s1. The third kappa shape index (κ3) is 4.22. The summed E-state index contributed by atoms with van der Waals surface area (Å²) in [7, 11) is -3.82. The zero-order chi connectivity index (χ0) is 23.0. The van der Waals surface area contributed by atoms with Crippen LogP contribution in [0.5, 0.6) is 0 Å². The average molecular weight is 453 g/mol. The van der Waals surface area contributed by atoms with Crippen molar-refractivity contribution in [2.75, 3.05) is 6.61 Å². The van der Waals surface area contributed by atoms with Crippen molar-refractivity contribution in [3.8, 4) is 0 Å². The van der Waals surface area contributed by atoms with Crippen molar-refractivity contribution >= 4 is 15.9 Å². The van der Waals surface area contributed by atoms with Gasteiger partial charge in [0.25, 0.3) is 0 Å². The SMILES string of the molecule is C[C@H]1CC[C@H](c2ccccc2)S(=O)(=O)N1Cc1cc(F)c(C(C)(CO)C(N)=O)cc1F. The van der Waals surface area contributed by atoms with Gasteiger partial charge in [0.15, 0.2) is 0 Å². The first-order valence-corrected chi connectivity index (χ1v) is 11.5. The van der Waals surface area contributed by atoms with Gasteiger partial charge in [0.2, 0.25) is 15.9 Å². The van der Waals surface area contributed by atoms with E-state index in [1.807, 2.05) is 0 Å². The molecule has 1 amide bonds. The van der Waals surface area contributed by atoms with Gasteiger partial charge in [0.1, 0.15) is 16.9 Å². The molecule has 1 aliphatic rings. The van der Waals surface area contributed by atoms with Crippen molar-refractivity contribution in [2.24, 2.45) is 5.73 Å². The predicted octanol–water partition coefficient (Wildman–Crippen LogP) is 2.76. The number of benzene rings is 2. The van der Waals surface area contributed by atoms with Crippen LogP contribution in [-0.4, -0.2) is 36.4 Å². The number of primary amides is 1. The van der Waals surface area contributed by atoms with Crippen molar-refractivity contribution in [3.05, 3.63) is 70.8 Å². The van der Waals surface area contributed by atoms with E-state index in [2.05, 4.69) is 0 Å². The lowest BCUT2D eigenvalue weighted by atomic mass is 9.81. The van der Waals surface area contributed by atoms with E-state index in [1.165, 1.54) is 11.2 Å². The molecule has 0 aromatic heterocycles. The molecule has 31 heavy (non-hydrogen) atoms. The highest BCUT2D eigenvalue weighted by atomic mass is 32.2. The number of carbonyl (C=O) groups excluding carboxylic acids is 1. The molecule has 3 N–H and O–H groups in total. The van der Waals surface area contributed by atoms with Crippen molar-refractivity contribution in [3.63, 3.8) is 0 Å². The van der Waals surface area contributed by atoms with Crippen LogP contribution in [0.1, 0.15) is 48.6 Å². The number of nitrogens with zero attached hydrogens (tertiary/aromatic N) is 1. The number of aliphatic hydroxyl groups is 1. The van der Waals surface area contributed by atoms with Gasteiger partial charge in [-0.1, -0.05) is 30.3 Å². The van der Waals surface area contributed by atoms with Gasteiger partial charge in [-0.3, -0.25) is 4.79 Å². The molecule has 0 bridgehead atoms. The molecule has 0 radical (unpaired) electrons. The Morgan fingerprint density at radius 3 is 2.42 bits per heavy atom. The molecule has 0 saturated carbocycles. The Morgan fingerprint density at radius 2 is 1.84 bits per heavy atom. The van der Waals surface area contributed by atoms with Crippen molar-refractivity contribution in [2.45, 2.75) is 49.9 Å². The quantitative estimate of drug-likeness (QED) is 0.704. The predicted molar refractivity (Wildman–Crippen MR) is 112 cm³/mol. The third-order valence-corrected chi connectivity index (χ3v) is 8.48. The van der Waals surface area contributed by atoms with E-state index in [9.17, 15) is 27.1 Å². The minimum atomic E-state index is -3.82. The Bertz CT molecular complexity index is 1080. The maximum absolute atomic E-state index is 14.9. The Balaban J connectivity index is 1.97. The van der Waals surface area contributed by atoms with Crippen LogP contribution in [0, 0.1) is 11.6 Å². The molecule has 1 fully saturated rings. The molecule has 1 saturated heterocycles. The van der Waals surface area contributed by atoms with E-state index in [4.69, 9.17) is 5.73 Å². The summed E-state index contributed by atoms with van der Waals surface area (Å²) in [5.41, 5.74) is 3.59. The van der Waals surface area contributed by atoms with Gasteiger partial charge in [-0.2, -0.15) is 4.31 Å². The molecule has 2 aromatic carbocycles. The Hall–Kier alpha value is -2.36. The number of nitrogens with two attached hydrogens (primary N) is 1. The molecule has 3 atom stereocenters. The molecule has 3 rings (SSSR count). The van der Waals surface area contributed by atoms with Gasteiger partial charge in [0, 0.05) is 23.7 Å². The molecule has 168 valence electrons. The lowest BCUT2D eigenvalue weighted by Crippen LogP contribution is -2.45. The van der Waals surface area contributed by atoms with Crippen molar-refractivity contribution < 1.29 is 27.1 Å². The van der Waals surface area contributed by atoms with Crippen LogP contribution in [-0.2, 0) is 26.8 Å². The molecule has 1 aliphatic heterocycles. The number of rotatable bonds is 6. The van der Waals surface area contributed by atoms with Crippen LogP contribution in [0.25, 0.3) is 0 Å². The molecule has 9 heteroatoms. The second-order valence-corrected chi connectivity index (χ2v) is 10.3. The molecule has 2 aromatic rings. The Kier molecular flexibility index (Phi) is 6.50. The first kappa shape index (κ1) is 23.3. The molecule has 1 unspecified atom stereocenters. The lowest BCUT2D eigenvalue weighted by Gasteiger charge is -2.37. The number of carbonyl (C=O) groups is 1. The summed E-state index contributed by atoms with van der Waals surface area (Å²) in [4.78, 5) is 11.7. The van der Waals surface area contributed by atoms with Crippen LogP contribution in [0.15, 0.2) is 42.5 Å². The Labute approximate surface area is 180 Å². The van der Waals surface area contributed by atoms with Crippen LogP contribution >= 0.6 is 0 Å². The number of halogens is 2. The topological polar surface area (TPSA) is 101 Å². The molecular weight excluding hydrogens is 426 g/mol. The van der Waals surface area contributed by atoms with Crippen LogP contribution in [0.3, 0.4) is 0 Å². The van der Waals surface area contributed by atoms with Gasteiger partial charge in [-0.15, -0.1) is 0 Å². The van der Waals surface area contributed by atoms with Crippen molar-refractivity contribution in [1.29, 1.82) is 0 Å². The van der Waals surface area contributed by atoms with E-state index < -0.39 is 44.8 Å². The average Bonchev–Trinajstić information content (AvgIpc) is 2.72. The van der Waals surface area contributed by atoms with Gasteiger partial charge in [0.05, 0.1) is 12.0 Å². The highest BCUT2D eigenvalue weighted by molar-refractivity contribution is 7.89. The van der Waals surface area contributed by atoms with E-state index in [1.54, 1.807) is 37.3 Å². The van der Waals surface area contributed by atoms with Gasteiger partial charge in [-0.25, -0.2) is 17.2 Å². The maximum Gasteiger partial charge on any atom is 0.230 e. The van der Waals surface area contributed by atoms with E-state index in [-0.39, 0.29) is 23.7 Å². The first-order valence-electron chi connectivity index (χ1n) is 9.97. The Morgan fingerprint density at radius 1 is 1.19 bits per heavy atom. The van der Waals surface area contributed by atoms with E-state index in [0.717, 1.165) is 12.1 Å². The monoisotopic (exact) mass is 452 g/mol. The summed E-state index contributed by atoms with van der Waals surface area (Å²) < 4.78 is 57.5. The molecular formula is C22H26F2N2O4S. The zero-order valence-electron chi connectivity index (χ0n) is 17.4. The van der Waals surface area contributed by atoms with Gasteiger partial charge >= 0.3 is 0 Å². The molecule has 0 spiro atoms. The lowest BCUT2D eigenvalue weighted by molar-refractivity contribution is -0.124. The molecule has 1 heterocycles. The number of amides is 1. The molecule has 0 aliphatic carbocycles. The number of sulfonamides is 1. The summed E-state index contributed by atoms with van der Waals surface area (Å²) in [6, 6.07) is 10.1. The minimum absolute atomic E-state index is 0.157. The van der Waals surface area contributed by atoms with Crippen LogP contribution in [0.2, 0.25) is 0 Å². The first-order chi connectivity index (χ1) is 14.5. The number of aliphatic hydroxyl groups excluding tert-OH is 1. The minimum Gasteiger partial charge on any atom is -0.395 e. The summed E-state index contributed by atoms with van der Waals surface area (Å²) in [6.45, 7) is 1.81. The zero-order valence-corrected chi connectivity index (χ0v) is 18.2. The number of hydrogen-bond acceptors (Lipinski definition) is 4. The summed E-state index contributed by atoms with van der Waals surface area (Å²) >= 11 is 0. The van der Waals surface area contributed by atoms with Crippen molar-refractivity contribution in [1.82, 2.24) is 4.31 Å². The smallest absolute Gasteiger partial charge is 0.230 e. The van der Waals surface area contributed by atoms with Gasteiger partial charge in [-0.05, 0) is 44.4 Å². The largest absolute Gasteiger partial charge is 0.395 e. The van der Waals surface area contributed by atoms with Gasteiger partial charge < -0.3 is 10.8 Å². The fourth-order valence-electron chi connectivity index (χ4n) is 3.95.